The van der Waals surface area contributed by atoms with Crippen LogP contribution in [0.3, 0.4) is 0 Å². The lowest BCUT2D eigenvalue weighted by atomic mass is 10.1. The van der Waals surface area contributed by atoms with Crippen molar-refractivity contribution in [1.82, 2.24) is 0 Å². The van der Waals surface area contributed by atoms with E-state index >= 15 is 0 Å². The molecule has 0 saturated heterocycles. The van der Waals surface area contributed by atoms with Crippen molar-refractivity contribution >= 4 is 24.8 Å². The highest BCUT2D eigenvalue weighted by Crippen LogP contribution is 2.19. The minimum absolute atomic E-state index is 0.0930. The molecule has 74 valence electrons. The van der Waals surface area contributed by atoms with E-state index in [4.69, 9.17) is 5.73 Å². The van der Waals surface area contributed by atoms with Crippen LogP contribution in [0.25, 0.3) is 0 Å². The Labute approximate surface area is 88.4 Å². The maximum atomic E-state index is 10.1. The molecule has 0 aliphatic rings. The van der Waals surface area contributed by atoms with Gasteiger partial charge >= 0.3 is 0 Å². The summed E-state index contributed by atoms with van der Waals surface area (Å²) in [5, 5.41) is -0.240. The minimum Gasteiger partial charge on any atom is -0.386 e. The zero-order valence-electron chi connectivity index (χ0n) is 7.63. The molecule has 0 aliphatic carbocycles. The summed E-state index contributed by atoms with van der Waals surface area (Å²) >= 11 is 4.32. The molecule has 3 nitrogen and oxygen atoms in total. The molecule has 0 amide bonds. The van der Waals surface area contributed by atoms with Gasteiger partial charge in [0.05, 0.1) is 11.8 Å². The van der Waals surface area contributed by atoms with Gasteiger partial charge in [-0.3, -0.25) is 4.99 Å². The van der Waals surface area contributed by atoms with E-state index in [-0.39, 0.29) is 11.8 Å². The van der Waals surface area contributed by atoms with Gasteiger partial charge in [-0.1, -0.05) is 30.3 Å². The van der Waals surface area contributed by atoms with Gasteiger partial charge < -0.3 is 10.5 Å². The summed E-state index contributed by atoms with van der Waals surface area (Å²) in [6.07, 6.45) is 0.707. The summed E-state index contributed by atoms with van der Waals surface area (Å²) < 4.78 is 0. The Bertz CT molecular complexity index is 324. The van der Waals surface area contributed by atoms with Crippen molar-refractivity contribution in [3.63, 3.8) is 0 Å². The van der Waals surface area contributed by atoms with Crippen LogP contribution in [0.2, 0.25) is 0 Å². The molecule has 2 N–H and O–H groups in total. The lowest BCUT2D eigenvalue weighted by Crippen LogP contribution is -2.18. The van der Waals surface area contributed by atoms with E-state index in [9.17, 15) is 4.79 Å². The van der Waals surface area contributed by atoms with E-state index in [1.54, 1.807) is 0 Å². The second kappa shape index (κ2) is 5.44. The van der Waals surface area contributed by atoms with Gasteiger partial charge in [0.1, 0.15) is 12.1 Å². The maximum absolute atomic E-state index is 10.1. The van der Waals surface area contributed by atoms with Crippen molar-refractivity contribution in [3.05, 3.63) is 35.9 Å². The van der Waals surface area contributed by atoms with Crippen molar-refractivity contribution in [2.75, 3.05) is 6.54 Å². The Balaban J connectivity index is 2.75. The molecular formula is C10H12N2OS. The summed E-state index contributed by atoms with van der Waals surface area (Å²) in [4.78, 5) is 13.9. The molecule has 0 radical (unpaired) electrons. The van der Waals surface area contributed by atoms with Gasteiger partial charge in [0, 0.05) is 0 Å². The third-order valence-corrected chi connectivity index (χ3v) is 2.31. The van der Waals surface area contributed by atoms with Crippen molar-refractivity contribution in [1.29, 1.82) is 0 Å². The molecule has 0 heterocycles. The van der Waals surface area contributed by atoms with Gasteiger partial charge in [0.25, 0.3) is 0 Å². The molecule has 1 atom stereocenters. The molecule has 0 fully saturated rings. The maximum Gasteiger partial charge on any atom is 0.141 e. The van der Waals surface area contributed by atoms with E-state index < -0.39 is 0 Å². The number of aliphatic imine (C=N–C) groups is 1. The average Bonchev–Trinajstić information content (AvgIpc) is 2.26. The van der Waals surface area contributed by atoms with Gasteiger partial charge in [-0.05, 0) is 5.56 Å². The number of thiol groups is 1. The van der Waals surface area contributed by atoms with E-state index in [0.29, 0.717) is 12.1 Å². The SMILES string of the molecule is NC(=NCC=O)C(S)c1ccccc1. The Morgan fingerprint density at radius 2 is 2.14 bits per heavy atom. The standard InChI is InChI=1S/C10H12N2OS/c11-10(12-6-7-13)9(14)8-4-2-1-3-5-8/h1-5,7,9,14H,6H2,(H2,11,12). The smallest absolute Gasteiger partial charge is 0.141 e. The van der Waals surface area contributed by atoms with Gasteiger partial charge in [-0.15, -0.1) is 0 Å². The molecule has 1 rings (SSSR count). The largest absolute Gasteiger partial charge is 0.386 e. The highest BCUT2D eigenvalue weighted by molar-refractivity contribution is 7.81. The lowest BCUT2D eigenvalue weighted by Gasteiger charge is -2.09. The zero-order chi connectivity index (χ0) is 10.4. The van der Waals surface area contributed by atoms with Crippen LogP contribution in [0.15, 0.2) is 35.3 Å². The predicted octanol–water partition coefficient (Wildman–Crippen LogP) is 1.21. The van der Waals surface area contributed by atoms with Crippen molar-refractivity contribution in [2.24, 2.45) is 10.7 Å². The molecule has 1 aromatic carbocycles. The summed E-state index contributed by atoms with van der Waals surface area (Å²) in [7, 11) is 0. The number of carbonyl (C=O) groups is 1. The summed E-state index contributed by atoms with van der Waals surface area (Å²) in [6.45, 7) is 0.0930. The molecule has 14 heavy (non-hydrogen) atoms. The first-order valence-electron chi connectivity index (χ1n) is 4.22. The highest BCUT2D eigenvalue weighted by atomic mass is 32.1. The summed E-state index contributed by atoms with van der Waals surface area (Å²) in [5.41, 5.74) is 6.63. The van der Waals surface area contributed by atoms with Crippen LogP contribution >= 0.6 is 12.6 Å². The van der Waals surface area contributed by atoms with Gasteiger partial charge in [-0.2, -0.15) is 12.6 Å². The Kier molecular flexibility index (Phi) is 4.19. The molecular weight excluding hydrogens is 196 g/mol. The van der Waals surface area contributed by atoms with E-state index in [1.165, 1.54) is 0 Å². The fourth-order valence-electron chi connectivity index (χ4n) is 1.04. The molecule has 0 saturated carbocycles. The number of hydrogen-bond acceptors (Lipinski definition) is 3. The third kappa shape index (κ3) is 2.88. The van der Waals surface area contributed by atoms with Crippen LogP contribution in [0, 0.1) is 0 Å². The molecule has 0 aliphatic heterocycles. The quantitative estimate of drug-likeness (QED) is 0.338. The Morgan fingerprint density at radius 3 is 2.71 bits per heavy atom. The zero-order valence-corrected chi connectivity index (χ0v) is 8.52. The second-order valence-electron chi connectivity index (χ2n) is 2.75. The molecule has 0 aromatic heterocycles. The molecule has 1 aromatic rings. The van der Waals surface area contributed by atoms with Crippen LogP contribution in [-0.2, 0) is 4.79 Å². The summed E-state index contributed by atoms with van der Waals surface area (Å²) in [6, 6.07) is 9.57. The van der Waals surface area contributed by atoms with Crippen LogP contribution < -0.4 is 5.73 Å². The lowest BCUT2D eigenvalue weighted by molar-refractivity contribution is -0.106. The first kappa shape index (κ1) is 10.8. The Hall–Kier alpha value is -1.29. The number of rotatable bonds is 4. The summed E-state index contributed by atoms with van der Waals surface area (Å²) in [5.74, 6) is 0.367. The monoisotopic (exact) mass is 208 g/mol. The van der Waals surface area contributed by atoms with Gasteiger partial charge in [0.2, 0.25) is 0 Å². The van der Waals surface area contributed by atoms with Crippen LogP contribution in [0.5, 0.6) is 0 Å². The number of aldehydes is 1. The van der Waals surface area contributed by atoms with Crippen molar-refractivity contribution in [2.45, 2.75) is 5.25 Å². The molecule has 1 unspecified atom stereocenters. The third-order valence-electron chi connectivity index (χ3n) is 1.74. The van der Waals surface area contributed by atoms with Crippen molar-refractivity contribution < 1.29 is 4.79 Å². The first-order chi connectivity index (χ1) is 6.75. The van der Waals surface area contributed by atoms with Crippen molar-refractivity contribution in [3.8, 4) is 0 Å². The molecule has 4 heteroatoms. The van der Waals surface area contributed by atoms with E-state index in [1.807, 2.05) is 30.3 Å². The fourth-order valence-corrected chi connectivity index (χ4v) is 1.29. The topological polar surface area (TPSA) is 55.4 Å². The molecule has 0 bridgehead atoms. The number of hydrogen-bond donors (Lipinski definition) is 2. The number of nitrogens with two attached hydrogens (primary N) is 1. The van der Waals surface area contributed by atoms with E-state index in [0.717, 1.165) is 5.56 Å². The minimum atomic E-state index is -0.240. The molecule has 0 spiro atoms. The normalized spacial score (nSPS) is 13.6. The number of nitrogens with zero attached hydrogens (tertiary/aromatic N) is 1. The van der Waals surface area contributed by atoms with Crippen LogP contribution in [0.4, 0.5) is 0 Å². The Morgan fingerprint density at radius 1 is 1.50 bits per heavy atom. The second-order valence-corrected chi connectivity index (χ2v) is 3.26. The number of benzene rings is 1. The van der Waals surface area contributed by atoms with Crippen LogP contribution in [0.1, 0.15) is 10.8 Å². The fraction of sp³-hybridized carbons (Fsp3) is 0.200. The number of amidine groups is 1. The van der Waals surface area contributed by atoms with Gasteiger partial charge in [-0.25, -0.2) is 0 Å². The van der Waals surface area contributed by atoms with Gasteiger partial charge in [0.15, 0.2) is 0 Å². The van der Waals surface area contributed by atoms with Crippen LogP contribution in [-0.4, -0.2) is 18.7 Å². The van der Waals surface area contributed by atoms with E-state index in [2.05, 4.69) is 17.6 Å². The predicted molar refractivity (Wildman–Crippen MR) is 60.7 cm³/mol. The first-order valence-corrected chi connectivity index (χ1v) is 4.74. The average molecular weight is 208 g/mol. The number of carbonyl (C=O) groups excluding carboxylic acids is 1. The highest BCUT2D eigenvalue weighted by Gasteiger charge is 2.09.